The number of aliphatic carboxylic acids is 1. The van der Waals surface area contributed by atoms with E-state index in [1.165, 1.54) is 12.3 Å². The van der Waals surface area contributed by atoms with Crippen LogP contribution in [0.1, 0.15) is 58.0 Å². The average molecular weight is 638 g/mol. The number of rotatable bonds is 10. The molecule has 1 saturated heterocycles. The van der Waals surface area contributed by atoms with Gasteiger partial charge in [-0.2, -0.15) is 0 Å². The molecule has 1 unspecified atom stereocenters. The first kappa shape index (κ1) is 29.9. The zero-order valence-electron chi connectivity index (χ0n) is 23.8. The molecule has 1 atom stereocenters. The second-order valence-corrected chi connectivity index (χ2v) is 12.0. The van der Waals surface area contributed by atoms with Gasteiger partial charge in [-0.05, 0) is 62.1 Å². The number of anilines is 1. The molecule has 1 aliphatic heterocycles. The molecule has 3 N–H and O–H groups in total. The van der Waals surface area contributed by atoms with E-state index in [9.17, 15) is 14.7 Å². The number of carboxylic acid groups (broad SMARTS) is 1. The molecule has 4 aromatic rings. The van der Waals surface area contributed by atoms with E-state index < -0.39 is 24.0 Å². The van der Waals surface area contributed by atoms with Crippen molar-refractivity contribution in [2.45, 2.75) is 44.3 Å². The number of halogens is 2. The van der Waals surface area contributed by atoms with Crippen LogP contribution in [-0.2, 0) is 17.0 Å². The van der Waals surface area contributed by atoms with Crippen LogP contribution in [0.3, 0.4) is 0 Å². The summed E-state index contributed by atoms with van der Waals surface area (Å²) >= 11 is 13.3. The Morgan fingerprint density at radius 2 is 1.98 bits per heavy atom. The van der Waals surface area contributed by atoms with Crippen LogP contribution in [0, 0.1) is 6.92 Å². The minimum Gasteiger partial charge on any atom is -0.489 e. The van der Waals surface area contributed by atoms with Gasteiger partial charge in [0.15, 0.2) is 0 Å². The second kappa shape index (κ2) is 12.1. The first-order valence-electron chi connectivity index (χ1n) is 14.2. The maximum absolute atomic E-state index is 12.3. The lowest BCUT2D eigenvalue weighted by atomic mass is 9.93. The quantitative estimate of drug-likeness (QED) is 0.199. The standard InChI is InChI=1S/C32H30Cl2N4O6/c1-18-3-2-4-24(33)28(18)29-22(30(44-37-29)19-5-6-19)16-43-21-7-8-23(25(34)14-21)32(42)10-12-38(17-32)26-13-20(9-11-35-26)31(41)36-15-27(39)40/h2-4,7-9,11,13-14,19,42H,5-6,10,12,15-17H2,1H3,(H,36,41)(H,39,40). The lowest BCUT2D eigenvalue weighted by Crippen LogP contribution is -2.32. The molecule has 1 amide bonds. The molecular formula is C32H30Cl2N4O6. The number of β-amino-alcohol motifs (C(OH)–C–C–N with tert-alkyl or cyclic N) is 1. The molecule has 6 rings (SSSR count). The van der Waals surface area contributed by atoms with E-state index >= 15 is 0 Å². The monoisotopic (exact) mass is 636 g/mol. The van der Waals surface area contributed by atoms with Gasteiger partial charge in [-0.1, -0.05) is 46.6 Å². The summed E-state index contributed by atoms with van der Waals surface area (Å²) < 4.78 is 12.0. The van der Waals surface area contributed by atoms with Gasteiger partial charge in [0.1, 0.15) is 41.8 Å². The molecule has 0 radical (unpaired) electrons. The van der Waals surface area contributed by atoms with Crippen molar-refractivity contribution in [3.05, 3.63) is 92.8 Å². The van der Waals surface area contributed by atoms with Crippen molar-refractivity contribution in [1.29, 1.82) is 0 Å². The van der Waals surface area contributed by atoms with E-state index in [-0.39, 0.29) is 18.7 Å². The van der Waals surface area contributed by atoms with Crippen LogP contribution < -0.4 is 15.0 Å². The first-order valence-corrected chi connectivity index (χ1v) is 15.0. The smallest absolute Gasteiger partial charge is 0.322 e. The summed E-state index contributed by atoms with van der Waals surface area (Å²) in [5.74, 6) is 0.503. The molecule has 12 heteroatoms. The van der Waals surface area contributed by atoms with Gasteiger partial charge in [-0.25, -0.2) is 4.98 Å². The van der Waals surface area contributed by atoms with Gasteiger partial charge in [0, 0.05) is 35.3 Å². The summed E-state index contributed by atoms with van der Waals surface area (Å²) in [6.45, 7) is 2.38. The lowest BCUT2D eigenvalue weighted by Gasteiger charge is -2.26. The zero-order chi connectivity index (χ0) is 31.0. The number of nitrogens with one attached hydrogen (secondary N) is 1. The maximum atomic E-state index is 12.3. The summed E-state index contributed by atoms with van der Waals surface area (Å²) in [5.41, 5.74) is 2.92. The third-order valence-corrected chi connectivity index (χ3v) is 8.66. The third-order valence-electron chi connectivity index (χ3n) is 8.03. The Labute approximate surface area is 263 Å². The normalized spacial score (nSPS) is 18.0. The molecule has 2 aromatic heterocycles. The molecule has 44 heavy (non-hydrogen) atoms. The Bertz CT molecular complexity index is 1720. The predicted octanol–water partition coefficient (Wildman–Crippen LogP) is 5.72. The Hall–Kier alpha value is -4.12. The number of aromatic nitrogens is 2. The number of carboxylic acids is 1. The Morgan fingerprint density at radius 1 is 1.16 bits per heavy atom. The number of pyridine rings is 1. The fourth-order valence-corrected chi connectivity index (χ4v) is 6.23. The van der Waals surface area contributed by atoms with Crippen molar-refractivity contribution in [2.75, 3.05) is 24.5 Å². The number of aryl methyl sites for hydroxylation is 1. The van der Waals surface area contributed by atoms with Gasteiger partial charge in [-0.15, -0.1) is 0 Å². The number of hydrogen-bond acceptors (Lipinski definition) is 8. The van der Waals surface area contributed by atoms with Crippen LogP contribution in [0.15, 0.2) is 59.3 Å². The number of nitrogens with zero attached hydrogens (tertiary/aromatic N) is 3. The Morgan fingerprint density at radius 3 is 2.70 bits per heavy atom. The lowest BCUT2D eigenvalue weighted by molar-refractivity contribution is -0.135. The number of hydrogen-bond donors (Lipinski definition) is 3. The second-order valence-electron chi connectivity index (χ2n) is 11.2. The Balaban J connectivity index is 1.17. The minimum atomic E-state index is -1.26. The summed E-state index contributed by atoms with van der Waals surface area (Å²) in [4.78, 5) is 29.3. The fraction of sp³-hybridized carbons (Fsp3) is 0.312. The molecule has 0 spiro atoms. The summed E-state index contributed by atoms with van der Waals surface area (Å²) in [6.07, 6.45) is 3.94. The van der Waals surface area contributed by atoms with Crippen molar-refractivity contribution in [3.63, 3.8) is 0 Å². The predicted molar refractivity (Wildman–Crippen MR) is 164 cm³/mol. The SMILES string of the molecule is Cc1cccc(Cl)c1-c1noc(C2CC2)c1COc1ccc(C2(O)CCN(c3cc(C(=O)NCC(=O)O)ccn3)C2)c(Cl)c1. The highest BCUT2D eigenvalue weighted by atomic mass is 35.5. The van der Waals surface area contributed by atoms with Crippen LogP contribution in [0.2, 0.25) is 10.0 Å². The molecule has 2 aliphatic rings. The van der Waals surface area contributed by atoms with Crippen LogP contribution in [0.5, 0.6) is 5.75 Å². The van der Waals surface area contributed by atoms with E-state index in [0.717, 1.165) is 35.3 Å². The van der Waals surface area contributed by atoms with Crippen LogP contribution >= 0.6 is 23.2 Å². The number of aliphatic hydroxyl groups is 1. The number of benzene rings is 2. The highest BCUT2D eigenvalue weighted by Gasteiger charge is 2.40. The van der Waals surface area contributed by atoms with Crippen molar-refractivity contribution in [3.8, 4) is 17.0 Å². The molecule has 1 saturated carbocycles. The fourth-order valence-electron chi connectivity index (χ4n) is 5.57. The summed E-state index contributed by atoms with van der Waals surface area (Å²) in [6, 6.07) is 14.0. The van der Waals surface area contributed by atoms with Crippen molar-refractivity contribution in [2.24, 2.45) is 0 Å². The van der Waals surface area contributed by atoms with Gasteiger partial charge in [-0.3, -0.25) is 9.59 Å². The molecule has 2 fully saturated rings. The minimum absolute atomic E-state index is 0.201. The molecule has 228 valence electrons. The topological polar surface area (TPSA) is 138 Å². The molecular weight excluding hydrogens is 607 g/mol. The average Bonchev–Trinajstić information content (AvgIpc) is 3.64. The van der Waals surface area contributed by atoms with Gasteiger partial charge >= 0.3 is 5.97 Å². The Kier molecular flexibility index (Phi) is 8.24. The zero-order valence-corrected chi connectivity index (χ0v) is 25.4. The highest BCUT2D eigenvalue weighted by Crippen LogP contribution is 2.46. The first-order chi connectivity index (χ1) is 21.1. The van der Waals surface area contributed by atoms with Crippen molar-refractivity contribution in [1.82, 2.24) is 15.5 Å². The molecule has 2 aromatic carbocycles. The number of carbonyl (C=O) groups is 2. The van der Waals surface area contributed by atoms with Gasteiger partial charge in [0.25, 0.3) is 5.91 Å². The molecule has 3 heterocycles. The maximum Gasteiger partial charge on any atom is 0.322 e. The summed E-state index contributed by atoms with van der Waals surface area (Å²) in [5, 5.41) is 28.1. The summed E-state index contributed by atoms with van der Waals surface area (Å²) in [7, 11) is 0. The van der Waals surface area contributed by atoms with Gasteiger partial charge < -0.3 is 29.7 Å². The van der Waals surface area contributed by atoms with Crippen molar-refractivity contribution >= 4 is 40.9 Å². The molecule has 0 bridgehead atoms. The van der Waals surface area contributed by atoms with E-state index in [1.807, 2.05) is 30.0 Å². The van der Waals surface area contributed by atoms with Crippen LogP contribution in [0.4, 0.5) is 5.82 Å². The van der Waals surface area contributed by atoms with Crippen LogP contribution in [0.25, 0.3) is 11.3 Å². The van der Waals surface area contributed by atoms with Gasteiger partial charge in [0.05, 0.1) is 22.2 Å². The van der Waals surface area contributed by atoms with E-state index in [1.54, 1.807) is 24.3 Å². The van der Waals surface area contributed by atoms with Gasteiger partial charge in [0.2, 0.25) is 0 Å². The molecule has 1 aliphatic carbocycles. The van der Waals surface area contributed by atoms with E-state index in [2.05, 4.69) is 15.5 Å². The van der Waals surface area contributed by atoms with Crippen molar-refractivity contribution < 1.29 is 29.1 Å². The number of carbonyl (C=O) groups excluding carboxylic acids is 1. The number of ether oxygens (including phenoxy) is 1. The number of amides is 1. The largest absolute Gasteiger partial charge is 0.489 e. The van der Waals surface area contributed by atoms with Crippen LogP contribution in [-0.4, -0.2) is 51.9 Å². The highest BCUT2D eigenvalue weighted by molar-refractivity contribution is 6.33. The third kappa shape index (κ3) is 6.10. The van der Waals surface area contributed by atoms with E-state index in [0.29, 0.717) is 51.8 Å². The molecule has 10 nitrogen and oxygen atoms in total. The van der Waals surface area contributed by atoms with E-state index in [4.69, 9.17) is 37.6 Å².